The minimum Gasteiger partial charge on any atom is -0.352 e. The first-order chi connectivity index (χ1) is 11.1. The van der Waals surface area contributed by atoms with Gasteiger partial charge in [0.2, 0.25) is 0 Å². The van der Waals surface area contributed by atoms with Crippen LogP contribution in [0.4, 0.5) is 0 Å². The van der Waals surface area contributed by atoms with E-state index < -0.39 is 0 Å². The van der Waals surface area contributed by atoms with Crippen molar-refractivity contribution in [1.29, 1.82) is 0 Å². The highest BCUT2D eigenvalue weighted by molar-refractivity contribution is 5.95. The van der Waals surface area contributed by atoms with E-state index in [9.17, 15) is 4.79 Å². The van der Waals surface area contributed by atoms with Crippen LogP contribution in [0.1, 0.15) is 27.0 Å². The van der Waals surface area contributed by atoms with E-state index in [1.807, 2.05) is 49.7 Å². The lowest BCUT2D eigenvalue weighted by molar-refractivity contribution is 0.0953. The summed E-state index contributed by atoms with van der Waals surface area (Å²) in [5, 5.41) is 4.16. The smallest absolute Gasteiger partial charge is 0.251 e. The minimum absolute atomic E-state index is 0.0131. The molecular formula is C19H21N3O. The molecule has 0 saturated carbocycles. The summed E-state index contributed by atoms with van der Waals surface area (Å²) >= 11 is 0. The molecule has 0 bridgehead atoms. The van der Waals surface area contributed by atoms with Gasteiger partial charge in [-0.3, -0.25) is 4.79 Å². The Labute approximate surface area is 136 Å². The number of hydrogen-bond acceptors (Lipinski definition) is 2. The fourth-order valence-corrected chi connectivity index (χ4v) is 2.97. The molecule has 0 aliphatic carbocycles. The average Bonchev–Trinajstić information content (AvgIpc) is 2.84. The number of nitrogens with zero attached hydrogens (tertiary/aromatic N) is 2. The molecule has 0 spiro atoms. The molecule has 0 aliphatic heterocycles. The van der Waals surface area contributed by atoms with Gasteiger partial charge in [-0.25, -0.2) is 4.98 Å². The van der Waals surface area contributed by atoms with Crippen molar-refractivity contribution >= 4 is 16.9 Å². The molecule has 0 fully saturated rings. The number of aryl methyl sites for hydroxylation is 3. The first kappa shape index (κ1) is 15.3. The summed E-state index contributed by atoms with van der Waals surface area (Å²) in [6.07, 6.45) is 4.68. The summed E-state index contributed by atoms with van der Waals surface area (Å²) in [6, 6.07) is 9.91. The predicted molar refractivity (Wildman–Crippen MR) is 92.7 cm³/mol. The second-order valence-electron chi connectivity index (χ2n) is 5.96. The third kappa shape index (κ3) is 3.11. The molecule has 4 heteroatoms. The van der Waals surface area contributed by atoms with Gasteiger partial charge in [-0.05, 0) is 49.6 Å². The van der Waals surface area contributed by atoms with Gasteiger partial charge in [0.1, 0.15) is 5.65 Å². The van der Waals surface area contributed by atoms with Crippen LogP contribution in [0.3, 0.4) is 0 Å². The van der Waals surface area contributed by atoms with Gasteiger partial charge < -0.3 is 9.88 Å². The number of fused-ring (bicyclic) bond motifs is 1. The molecule has 2 aromatic heterocycles. The second-order valence-corrected chi connectivity index (χ2v) is 5.96. The highest BCUT2D eigenvalue weighted by Crippen LogP contribution is 2.18. The Balaban J connectivity index is 1.68. The zero-order valence-electron chi connectivity index (χ0n) is 13.8. The highest BCUT2D eigenvalue weighted by Gasteiger charge is 2.10. The topological polar surface area (TPSA) is 46.9 Å². The predicted octanol–water partition coefficient (Wildman–Crippen LogP) is 3.16. The van der Waals surface area contributed by atoms with Gasteiger partial charge in [-0.1, -0.05) is 17.7 Å². The molecule has 4 nitrogen and oxygen atoms in total. The van der Waals surface area contributed by atoms with Crippen molar-refractivity contribution in [2.45, 2.75) is 20.3 Å². The number of hydrogen-bond donors (Lipinski definition) is 1. The molecule has 3 rings (SSSR count). The van der Waals surface area contributed by atoms with Crippen molar-refractivity contribution in [2.24, 2.45) is 7.05 Å². The molecule has 0 aliphatic rings. The van der Waals surface area contributed by atoms with Crippen LogP contribution >= 0.6 is 0 Å². The standard InChI is InChI=1S/C19H21N3O/c1-13-6-7-16(14(2)11-13)19(23)21-10-8-15-12-22(3)18-17(15)5-4-9-20-18/h4-7,9,11-12H,8,10H2,1-3H3,(H,21,23). The van der Waals surface area contributed by atoms with Crippen molar-refractivity contribution in [2.75, 3.05) is 6.54 Å². The Hall–Kier alpha value is -2.62. The third-order valence-electron chi connectivity index (χ3n) is 4.12. The summed E-state index contributed by atoms with van der Waals surface area (Å²) in [5.41, 5.74) is 5.11. The summed E-state index contributed by atoms with van der Waals surface area (Å²) in [5.74, 6) is -0.0131. The van der Waals surface area contributed by atoms with Gasteiger partial charge in [-0.2, -0.15) is 0 Å². The maximum atomic E-state index is 12.3. The summed E-state index contributed by atoms with van der Waals surface area (Å²) in [7, 11) is 1.99. The van der Waals surface area contributed by atoms with Crippen LogP contribution in [0, 0.1) is 13.8 Å². The maximum absolute atomic E-state index is 12.3. The molecule has 0 radical (unpaired) electrons. The normalized spacial score (nSPS) is 10.9. The fourth-order valence-electron chi connectivity index (χ4n) is 2.97. The van der Waals surface area contributed by atoms with E-state index in [0.717, 1.165) is 28.6 Å². The largest absolute Gasteiger partial charge is 0.352 e. The molecule has 3 aromatic rings. The Kier molecular flexibility index (Phi) is 4.15. The number of amides is 1. The summed E-state index contributed by atoms with van der Waals surface area (Å²) in [4.78, 5) is 16.7. The van der Waals surface area contributed by atoms with Gasteiger partial charge in [0.05, 0.1) is 0 Å². The van der Waals surface area contributed by atoms with Gasteiger partial charge >= 0.3 is 0 Å². The van der Waals surface area contributed by atoms with Crippen LogP contribution in [-0.4, -0.2) is 22.0 Å². The molecule has 23 heavy (non-hydrogen) atoms. The van der Waals surface area contributed by atoms with E-state index in [0.29, 0.717) is 6.54 Å². The number of benzene rings is 1. The van der Waals surface area contributed by atoms with E-state index in [-0.39, 0.29) is 5.91 Å². The van der Waals surface area contributed by atoms with Crippen LogP contribution in [0.25, 0.3) is 11.0 Å². The van der Waals surface area contributed by atoms with Crippen molar-refractivity contribution in [3.05, 3.63) is 65.0 Å². The van der Waals surface area contributed by atoms with Crippen molar-refractivity contribution in [3.63, 3.8) is 0 Å². The number of carbonyl (C=O) groups is 1. The van der Waals surface area contributed by atoms with Gasteiger partial charge in [0.25, 0.3) is 5.91 Å². The first-order valence-electron chi connectivity index (χ1n) is 7.80. The third-order valence-corrected chi connectivity index (χ3v) is 4.12. The Morgan fingerprint density at radius 2 is 2.09 bits per heavy atom. The highest BCUT2D eigenvalue weighted by atomic mass is 16.1. The molecule has 1 N–H and O–H groups in total. The number of carbonyl (C=O) groups excluding carboxylic acids is 1. The van der Waals surface area contributed by atoms with Crippen molar-refractivity contribution in [3.8, 4) is 0 Å². The number of rotatable bonds is 4. The monoisotopic (exact) mass is 307 g/mol. The van der Waals surface area contributed by atoms with Gasteiger partial charge in [0.15, 0.2) is 0 Å². The molecular weight excluding hydrogens is 286 g/mol. The number of nitrogens with one attached hydrogen (secondary N) is 1. The molecule has 0 saturated heterocycles. The quantitative estimate of drug-likeness (QED) is 0.805. The van der Waals surface area contributed by atoms with Crippen LogP contribution in [-0.2, 0) is 13.5 Å². The lowest BCUT2D eigenvalue weighted by atomic mass is 10.1. The molecule has 1 aromatic carbocycles. The summed E-state index contributed by atoms with van der Waals surface area (Å²) in [6.45, 7) is 4.61. The van der Waals surface area contributed by atoms with E-state index in [1.54, 1.807) is 6.20 Å². The minimum atomic E-state index is -0.0131. The Bertz CT molecular complexity index is 864. The Morgan fingerprint density at radius 3 is 2.87 bits per heavy atom. The molecule has 118 valence electrons. The SMILES string of the molecule is Cc1ccc(C(=O)NCCc2cn(C)c3ncccc23)c(C)c1. The molecule has 0 unspecified atom stereocenters. The van der Waals surface area contributed by atoms with Crippen LogP contribution < -0.4 is 5.32 Å². The van der Waals surface area contributed by atoms with E-state index in [1.165, 1.54) is 11.1 Å². The summed E-state index contributed by atoms with van der Waals surface area (Å²) < 4.78 is 2.02. The second kappa shape index (κ2) is 6.24. The van der Waals surface area contributed by atoms with Crippen LogP contribution in [0.2, 0.25) is 0 Å². The maximum Gasteiger partial charge on any atom is 0.251 e. The van der Waals surface area contributed by atoms with Gasteiger partial charge in [-0.15, -0.1) is 0 Å². The number of aromatic nitrogens is 2. The van der Waals surface area contributed by atoms with E-state index in [4.69, 9.17) is 0 Å². The lowest BCUT2D eigenvalue weighted by Crippen LogP contribution is -2.26. The average molecular weight is 307 g/mol. The Morgan fingerprint density at radius 1 is 1.26 bits per heavy atom. The van der Waals surface area contributed by atoms with E-state index >= 15 is 0 Å². The van der Waals surface area contributed by atoms with Crippen LogP contribution in [0.5, 0.6) is 0 Å². The zero-order valence-corrected chi connectivity index (χ0v) is 13.8. The van der Waals surface area contributed by atoms with Gasteiger partial charge in [0, 0.05) is 36.9 Å². The molecule has 0 atom stereocenters. The molecule has 1 amide bonds. The van der Waals surface area contributed by atoms with Crippen molar-refractivity contribution in [1.82, 2.24) is 14.9 Å². The zero-order chi connectivity index (χ0) is 16.4. The van der Waals surface area contributed by atoms with E-state index in [2.05, 4.69) is 22.6 Å². The van der Waals surface area contributed by atoms with Crippen molar-refractivity contribution < 1.29 is 4.79 Å². The number of pyridine rings is 1. The fraction of sp³-hybridized carbons (Fsp3) is 0.263. The lowest BCUT2D eigenvalue weighted by Gasteiger charge is -2.08. The molecule has 2 heterocycles. The first-order valence-corrected chi connectivity index (χ1v) is 7.80. The van der Waals surface area contributed by atoms with Crippen LogP contribution in [0.15, 0.2) is 42.7 Å².